The summed E-state index contributed by atoms with van der Waals surface area (Å²) in [6.07, 6.45) is 0.890. The molecule has 1 aliphatic heterocycles. The van der Waals surface area contributed by atoms with Crippen LogP contribution >= 0.6 is 11.6 Å². The molecule has 5 rings (SSSR count). The molecule has 34 heavy (non-hydrogen) atoms. The predicted molar refractivity (Wildman–Crippen MR) is 132 cm³/mol. The first-order chi connectivity index (χ1) is 16.5. The molecule has 0 atom stereocenters. The van der Waals surface area contributed by atoms with Gasteiger partial charge in [-0.05, 0) is 66.6 Å². The molecule has 0 unspecified atom stereocenters. The van der Waals surface area contributed by atoms with Gasteiger partial charge in [0.2, 0.25) is 0 Å². The minimum Gasteiger partial charge on any atom is -0.497 e. The number of anilines is 2. The van der Waals surface area contributed by atoms with Gasteiger partial charge in [0, 0.05) is 29.2 Å². The molecule has 0 saturated heterocycles. The average Bonchev–Trinajstić information content (AvgIpc) is 3.28. The third kappa shape index (κ3) is 4.13. The van der Waals surface area contributed by atoms with Crippen LogP contribution in [0, 0.1) is 0 Å². The summed E-state index contributed by atoms with van der Waals surface area (Å²) in [7, 11) is 1.64. The summed E-state index contributed by atoms with van der Waals surface area (Å²) in [5.74, 6) is 0.760. The van der Waals surface area contributed by atoms with Crippen LogP contribution in [0.15, 0.2) is 72.8 Å². The summed E-state index contributed by atoms with van der Waals surface area (Å²) in [5, 5.41) is 1.39. The van der Waals surface area contributed by atoms with Gasteiger partial charge in [-0.1, -0.05) is 23.7 Å². The molecule has 1 aliphatic rings. The van der Waals surface area contributed by atoms with Crippen LogP contribution in [0.5, 0.6) is 5.75 Å². The molecule has 0 fully saturated rings. The Bertz CT molecular complexity index is 1410. The Kier molecular flexibility index (Phi) is 5.77. The molecular formula is C26H21ClN4O3. The summed E-state index contributed by atoms with van der Waals surface area (Å²) >= 11 is 6.02. The molecule has 1 aromatic heterocycles. The van der Waals surface area contributed by atoms with E-state index in [2.05, 4.69) is 21.8 Å². The van der Waals surface area contributed by atoms with E-state index in [0.717, 1.165) is 41.1 Å². The second-order valence-corrected chi connectivity index (χ2v) is 8.27. The molecular weight excluding hydrogens is 452 g/mol. The number of rotatable bonds is 4. The van der Waals surface area contributed by atoms with E-state index < -0.39 is 11.8 Å². The van der Waals surface area contributed by atoms with Crippen molar-refractivity contribution in [3.05, 3.63) is 94.5 Å². The Morgan fingerprint density at radius 3 is 2.50 bits per heavy atom. The number of halogens is 1. The van der Waals surface area contributed by atoms with Gasteiger partial charge in [0.05, 0.1) is 23.2 Å². The van der Waals surface area contributed by atoms with Crippen LogP contribution in [0.3, 0.4) is 0 Å². The summed E-state index contributed by atoms with van der Waals surface area (Å²) in [6, 6.07) is 21.8. The maximum atomic E-state index is 12.5. The van der Waals surface area contributed by atoms with Crippen molar-refractivity contribution in [2.24, 2.45) is 0 Å². The molecule has 0 saturated carbocycles. The summed E-state index contributed by atoms with van der Waals surface area (Å²) in [5.41, 5.74) is 8.50. The van der Waals surface area contributed by atoms with E-state index in [-0.39, 0.29) is 5.56 Å². The number of amides is 2. The molecule has 2 amide bonds. The van der Waals surface area contributed by atoms with Crippen molar-refractivity contribution in [1.29, 1.82) is 0 Å². The number of hydrogen-bond acceptors (Lipinski definition) is 5. The van der Waals surface area contributed by atoms with E-state index in [4.69, 9.17) is 21.3 Å². The van der Waals surface area contributed by atoms with Crippen LogP contribution in [0.1, 0.15) is 26.3 Å². The Morgan fingerprint density at radius 1 is 0.971 bits per heavy atom. The van der Waals surface area contributed by atoms with E-state index >= 15 is 0 Å². The van der Waals surface area contributed by atoms with Crippen LogP contribution in [-0.4, -0.2) is 30.5 Å². The first-order valence-corrected chi connectivity index (χ1v) is 11.1. The van der Waals surface area contributed by atoms with Gasteiger partial charge >= 0.3 is 0 Å². The second kappa shape index (κ2) is 9.03. The molecule has 7 nitrogen and oxygen atoms in total. The monoisotopic (exact) mass is 472 g/mol. The first kappa shape index (κ1) is 21.7. The molecule has 170 valence electrons. The normalized spacial score (nSPS) is 12.4. The fourth-order valence-electron chi connectivity index (χ4n) is 4.01. The maximum absolute atomic E-state index is 12.5. The molecule has 8 heteroatoms. The number of methoxy groups -OCH3 is 1. The van der Waals surface area contributed by atoms with Gasteiger partial charge < -0.3 is 9.64 Å². The third-order valence-corrected chi connectivity index (χ3v) is 6.12. The van der Waals surface area contributed by atoms with Crippen LogP contribution < -0.4 is 20.5 Å². The number of pyridine rings is 1. The van der Waals surface area contributed by atoms with Gasteiger partial charge in [-0.3, -0.25) is 20.4 Å². The number of benzene rings is 3. The van der Waals surface area contributed by atoms with E-state index in [0.29, 0.717) is 10.6 Å². The molecule has 0 radical (unpaired) electrons. The zero-order valence-electron chi connectivity index (χ0n) is 18.3. The molecule has 4 aromatic rings. The number of aromatic nitrogens is 1. The minimum absolute atomic E-state index is 0.283. The number of fused-ring (bicyclic) bond motifs is 2. The van der Waals surface area contributed by atoms with Crippen molar-refractivity contribution < 1.29 is 14.3 Å². The smallest absolute Gasteiger partial charge is 0.271 e. The Balaban J connectivity index is 1.30. The first-order valence-electron chi connectivity index (χ1n) is 10.7. The van der Waals surface area contributed by atoms with Gasteiger partial charge in [0.15, 0.2) is 0 Å². The molecule has 0 spiro atoms. The lowest BCUT2D eigenvalue weighted by Gasteiger charge is -2.19. The maximum Gasteiger partial charge on any atom is 0.271 e. The highest BCUT2D eigenvalue weighted by molar-refractivity contribution is 6.33. The van der Waals surface area contributed by atoms with Crippen LogP contribution in [0.25, 0.3) is 10.9 Å². The lowest BCUT2D eigenvalue weighted by molar-refractivity contribution is 0.0847. The largest absolute Gasteiger partial charge is 0.497 e. The van der Waals surface area contributed by atoms with E-state index in [1.54, 1.807) is 43.5 Å². The van der Waals surface area contributed by atoms with Gasteiger partial charge in [0.1, 0.15) is 11.6 Å². The van der Waals surface area contributed by atoms with Crippen LogP contribution in [0.2, 0.25) is 5.02 Å². The highest BCUT2D eigenvalue weighted by Gasteiger charge is 2.23. The highest BCUT2D eigenvalue weighted by atomic mass is 35.5. The van der Waals surface area contributed by atoms with Gasteiger partial charge in [-0.15, -0.1) is 0 Å². The molecule has 3 aromatic carbocycles. The summed E-state index contributed by atoms with van der Waals surface area (Å²) in [6.45, 7) is 0.801. The zero-order chi connectivity index (χ0) is 23.7. The topological polar surface area (TPSA) is 83.6 Å². The predicted octanol–water partition coefficient (Wildman–Crippen LogP) is 4.67. The summed E-state index contributed by atoms with van der Waals surface area (Å²) in [4.78, 5) is 31.8. The second-order valence-electron chi connectivity index (χ2n) is 7.87. The fraction of sp³-hybridized carbons (Fsp3) is 0.115. The Hall–Kier alpha value is -4.10. The van der Waals surface area contributed by atoms with E-state index in [1.165, 1.54) is 5.56 Å². The number of carbonyl (C=O) groups is 2. The fourth-order valence-corrected chi connectivity index (χ4v) is 4.23. The number of hydrazine groups is 1. The third-order valence-electron chi connectivity index (χ3n) is 5.79. The van der Waals surface area contributed by atoms with Gasteiger partial charge in [-0.2, -0.15) is 0 Å². The van der Waals surface area contributed by atoms with Crippen molar-refractivity contribution in [1.82, 2.24) is 15.8 Å². The van der Waals surface area contributed by atoms with E-state index in [1.807, 2.05) is 30.3 Å². The number of nitrogens with zero attached hydrogens (tertiary/aromatic N) is 2. The van der Waals surface area contributed by atoms with Crippen molar-refractivity contribution in [3.8, 4) is 5.75 Å². The van der Waals surface area contributed by atoms with E-state index in [9.17, 15) is 9.59 Å². The number of nitrogens with one attached hydrogen (secondary N) is 2. The molecule has 0 aliphatic carbocycles. The van der Waals surface area contributed by atoms with Crippen molar-refractivity contribution in [2.75, 3.05) is 18.6 Å². The Morgan fingerprint density at radius 2 is 1.74 bits per heavy atom. The quantitative estimate of drug-likeness (QED) is 0.422. The van der Waals surface area contributed by atoms with Crippen molar-refractivity contribution in [2.45, 2.75) is 6.42 Å². The zero-order valence-corrected chi connectivity index (χ0v) is 19.1. The van der Waals surface area contributed by atoms with Crippen molar-refractivity contribution >= 4 is 45.8 Å². The molecule has 2 N–H and O–H groups in total. The summed E-state index contributed by atoms with van der Waals surface area (Å²) < 4.78 is 5.33. The van der Waals surface area contributed by atoms with Gasteiger partial charge in [0.25, 0.3) is 11.8 Å². The highest BCUT2D eigenvalue weighted by Crippen LogP contribution is 2.35. The van der Waals surface area contributed by atoms with Crippen LogP contribution in [-0.2, 0) is 6.42 Å². The lowest BCUT2D eigenvalue weighted by atomic mass is 10.1. The number of carbonyl (C=O) groups excluding carboxylic acids is 2. The Labute approximate surface area is 201 Å². The average molecular weight is 473 g/mol. The minimum atomic E-state index is -0.487. The number of ether oxygens (including phenoxy) is 1. The molecule has 0 bridgehead atoms. The van der Waals surface area contributed by atoms with Crippen molar-refractivity contribution in [3.63, 3.8) is 0 Å². The van der Waals surface area contributed by atoms with Gasteiger partial charge in [-0.25, -0.2) is 4.98 Å². The molecule has 2 heterocycles. The number of hydrogen-bond donors (Lipinski definition) is 2. The SMILES string of the molecule is COc1ccc2cc3c(nc2c1)N(c1ccc(C(=O)NNC(=O)c2ccccc2Cl)cc1)CC3. The standard InChI is InChI=1S/C26H21ClN4O3/c1-34-20-11-8-17-14-18-12-13-31(24(18)28-23(17)15-20)19-9-6-16(7-10-19)25(32)29-30-26(33)21-4-2-3-5-22(21)27/h2-11,14-15H,12-13H2,1H3,(H,29,32)(H,30,33). The van der Waals surface area contributed by atoms with Crippen LogP contribution in [0.4, 0.5) is 11.5 Å². The lowest BCUT2D eigenvalue weighted by Crippen LogP contribution is -2.41.